The van der Waals surface area contributed by atoms with Crippen LogP contribution in [0.3, 0.4) is 0 Å². The summed E-state index contributed by atoms with van der Waals surface area (Å²) >= 11 is 0. The quantitative estimate of drug-likeness (QED) is 0.738. The molecular formula is C21H25N7O. The molecular weight excluding hydrogens is 366 g/mol. The Bertz CT molecular complexity index is 1020. The Morgan fingerprint density at radius 1 is 1.10 bits per heavy atom. The number of hydrogen-bond acceptors (Lipinski definition) is 5. The fourth-order valence-corrected chi connectivity index (χ4v) is 4.38. The minimum absolute atomic E-state index is 0.0654. The van der Waals surface area contributed by atoms with E-state index in [1.54, 1.807) is 6.20 Å². The van der Waals surface area contributed by atoms with E-state index in [1.165, 1.54) is 0 Å². The number of fused-ring (bicyclic) bond motifs is 1. The lowest BCUT2D eigenvalue weighted by molar-refractivity contribution is 0.0709. The fourth-order valence-electron chi connectivity index (χ4n) is 4.38. The van der Waals surface area contributed by atoms with Gasteiger partial charge in [0.05, 0.1) is 29.7 Å². The summed E-state index contributed by atoms with van der Waals surface area (Å²) in [5.41, 5.74) is 2.52. The Balaban J connectivity index is 1.29. The summed E-state index contributed by atoms with van der Waals surface area (Å²) in [6, 6.07) is 9.91. The molecule has 5 rings (SSSR count). The van der Waals surface area contributed by atoms with E-state index in [0.717, 1.165) is 68.6 Å². The van der Waals surface area contributed by atoms with Crippen molar-refractivity contribution in [1.29, 1.82) is 0 Å². The van der Waals surface area contributed by atoms with Crippen LogP contribution in [0, 0.1) is 6.92 Å². The molecule has 4 heterocycles. The van der Waals surface area contributed by atoms with E-state index in [9.17, 15) is 4.79 Å². The van der Waals surface area contributed by atoms with Crippen LogP contribution in [-0.2, 0) is 13.1 Å². The molecule has 29 heavy (non-hydrogen) atoms. The van der Waals surface area contributed by atoms with Gasteiger partial charge in [0.15, 0.2) is 0 Å². The minimum atomic E-state index is 0.0654. The van der Waals surface area contributed by atoms with E-state index < -0.39 is 0 Å². The Labute approximate surface area is 169 Å². The van der Waals surface area contributed by atoms with Crippen molar-refractivity contribution in [2.24, 2.45) is 0 Å². The number of hydrogen-bond donors (Lipinski definition) is 1. The number of rotatable bonds is 3. The smallest absolute Gasteiger partial charge is 0.257 e. The van der Waals surface area contributed by atoms with Crippen molar-refractivity contribution in [3.63, 3.8) is 0 Å². The first-order valence-electron chi connectivity index (χ1n) is 10.2. The first-order valence-corrected chi connectivity index (χ1v) is 10.2. The lowest BCUT2D eigenvalue weighted by Gasteiger charge is -2.32. The molecule has 150 valence electrons. The van der Waals surface area contributed by atoms with E-state index in [-0.39, 0.29) is 5.91 Å². The van der Waals surface area contributed by atoms with Crippen molar-refractivity contribution < 1.29 is 4.79 Å². The number of para-hydroxylation sites is 1. The molecule has 8 heteroatoms. The minimum Gasteiger partial charge on any atom is -0.338 e. The zero-order valence-electron chi connectivity index (χ0n) is 16.6. The van der Waals surface area contributed by atoms with Crippen molar-refractivity contribution in [3.8, 4) is 5.69 Å². The van der Waals surface area contributed by atoms with Crippen molar-refractivity contribution in [2.45, 2.75) is 38.8 Å². The van der Waals surface area contributed by atoms with Crippen LogP contribution in [0.5, 0.6) is 0 Å². The van der Waals surface area contributed by atoms with Crippen LogP contribution in [0.4, 0.5) is 0 Å². The zero-order valence-corrected chi connectivity index (χ0v) is 16.6. The van der Waals surface area contributed by atoms with Gasteiger partial charge in [0, 0.05) is 32.1 Å². The maximum atomic E-state index is 13.1. The molecule has 0 bridgehead atoms. The average molecular weight is 391 g/mol. The van der Waals surface area contributed by atoms with Gasteiger partial charge in [0.25, 0.3) is 5.91 Å². The van der Waals surface area contributed by atoms with E-state index in [0.29, 0.717) is 11.5 Å². The van der Waals surface area contributed by atoms with Crippen molar-refractivity contribution in [2.75, 3.05) is 19.6 Å². The van der Waals surface area contributed by atoms with Gasteiger partial charge in [-0.25, -0.2) is 4.68 Å². The van der Waals surface area contributed by atoms with Gasteiger partial charge in [-0.3, -0.25) is 4.79 Å². The summed E-state index contributed by atoms with van der Waals surface area (Å²) < 4.78 is 4.09. The summed E-state index contributed by atoms with van der Waals surface area (Å²) in [6.45, 7) is 6.10. The van der Waals surface area contributed by atoms with Crippen molar-refractivity contribution in [3.05, 3.63) is 59.4 Å². The van der Waals surface area contributed by atoms with Gasteiger partial charge in [-0.15, -0.1) is 10.2 Å². The van der Waals surface area contributed by atoms with Crippen LogP contribution < -0.4 is 5.32 Å². The summed E-state index contributed by atoms with van der Waals surface area (Å²) in [6.07, 6.45) is 3.53. The number of likely N-dealkylation sites (tertiary alicyclic amines) is 1. The first-order chi connectivity index (χ1) is 14.2. The van der Waals surface area contributed by atoms with Gasteiger partial charge in [-0.05, 0) is 31.9 Å². The largest absolute Gasteiger partial charge is 0.338 e. The SMILES string of the molecule is Cc1c(C(=O)N2CCC(c3nnc4n3CCNC4)CC2)cnn1-c1ccccc1. The number of amides is 1. The van der Waals surface area contributed by atoms with Crippen LogP contribution >= 0.6 is 0 Å². The normalized spacial score (nSPS) is 17.3. The van der Waals surface area contributed by atoms with Crippen LogP contribution in [0.15, 0.2) is 36.5 Å². The summed E-state index contributed by atoms with van der Waals surface area (Å²) in [5.74, 6) is 2.54. The number of aromatic nitrogens is 5. The number of benzene rings is 1. The van der Waals surface area contributed by atoms with Gasteiger partial charge in [0.1, 0.15) is 11.6 Å². The molecule has 1 amide bonds. The Hall–Kier alpha value is -3.00. The van der Waals surface area contributed by atoms with Crippen molar-refractivity contribution >= 4 is 5.91 Å². The third kappa shape index (κ3) is 3.23. The van der Waals surface area contributed by atoms with Gasteiger partial charge in [-0.2, -0.15) is 5.10 Å². The molecule has 1 saturated heterocycles. The second kappa shape index (κ2) is 7.44. The van der Waals surface area contributed by atoms with Crippen LogP contribution in [0.1, 0.15) is 46.5 Å². The molecule has 1 aromatic carbocycles. The highest BCUT2D eigenvalue weighted by Gasteiger charge is 2.30. The Kier molecular flexibility index (Phi) is 4.63. The molecule has 1 N–H and O–H groups in total. The molecule has 1 fully saturated rings. The highest BCUT2D eigenvalue weighted by Crippen LogP contribution is 2.29. The molecule has 0 saturated carbocycles. The fraction of sp³-hybridized carbons (Fsp3) is 0.429. The molecule has 3 aromatic rings. The lowest BCUT2D eigenvalue weighted by atomic mass is 9.95. The van der Waals surface area contributed by atoms with Crippen LogP contribution in [0.2, 0.25) is 0 Å². The standard InChI is InChI=1S/C21H25N7O/c1-15-18(13-23-28(15)17-5-3-2-4-6-17)21(29)26-10-7-16(8-11-26)20-25-24-19-14-22-9-12-27(19)20/h2-6,13,16,22H,7-12,14H2,1H3. The van der Waals surface area contributed by atoms with E-state index in [2.05, 4.69) is 25.2 Å². The highest BCUT2D eigenvalue weighted by atomic mass is 16.2. The predicted octanol–water partition coefficient (Wildman–Crippen LogP) is 1.90. The summed E-state index contributed by atoms with van der Waals surface area (Å²) in [4.78, 5) is 15.1. The number of nitrogens with one attached hydrogen (secondary N) is 1. The molecule has 0 atom stereocenters. The molecule has 2 aromatic heterocycles. The predicted molar refractivity (Wildman–Crippen MR) is 108 cm³/mol. The average Bonchev–Trinajstić information content (AvgIpc) is 3.38. The van der Waals surface area contributed by atoms with E-state index >= 15 is 0 Å². The first kappa shape index (κ1) is 18.1. The van der Waals surface area contributed by atoms with Crippen molar-refractivity contribution in [1.82, 2.24) is 34.8 Å². The van der Waals surface area contributed by atoms with Crippen LogP contribution in [-0.4, -0.2) is 55.0 Å². The molecule has 2 aliphatic rings. The number of piperidine rings is 1. The van der Waals surface area contributed by atoms with E-state index in [1.807, 2.05) is 46.8 Å². The number of carbonyl (C=O) groups excluding carboxylic acids is 1. The molecule has 2 aliphatic heterocycles. The third-order valence-corrected chi connectivity index (χ3v) is 6.04. The Morgan fingerprint density at radius 2 is 1.90 bits per heavy atom. The summed E-state index contributed by atoms with van der Waals surface area (Å²) in [5, 5.41) is 16.6. The maximum Gasteiger partial charge on any atom is 0.257 e. The summed E-state index contributed by atoms with van der Waals surface area (Å²) in [7, 11) is 0. The third-order valence-electron chi connectivity index (χ3n) is 6.04. The van der Waals surface area contributed by atoms with E-state index in [4.69, 9.17) is 0 Å². The monoisotopic (exact) mass is 391 g/mol. The zero-order chi connectivity index (χ0) is 19.8. The number of nitrogens with zero attached hydrogens (tertiary/aromatic N) is 6. The molecule has 8 nitrogen and oxygen atoms in total. The second-order valence-corrected chi connectivity index (χ2v) is 7.76. The molecule has 0 spiro atoms. The highest BCUT2D eigenvalue weighted by molar-refractivity contribution is 5.95. The van der Waals surface area contributed by atoms with Gasteiger partial charge < -0.3 is 14.8 Å². The number of carbonyl (C=O) groups is 1. The topological polar surface area (TPSA) is 80.9 Å². The lowest BCUT2D eigenvalue weighted by Crippen LogP contribution is -2.39. The molecule has 0 unspecified atom stereocenters. The van der Waals surface area contributed by atoms with Gasteiger partial charge in [-0.1, -0.05) is 18.2 Å². The van der Waals surface area contributed by atoms with Gasteiger partial charge >= 0.3 is 0 Å². The maximum absolute atomic E-state index is 13.1. The van der Waals surface area contributed by atoms with Gasteiger partial charge in [0.2, 0.25) is 0 Å². The molecule has 0 radical (unpaired) electrons. The second-order valence-electron chi connectivity index (χ2n) is 7.76. The van der Waals surface area contributed by atoms with Crippen LogP contribution in [0.25, 0.3) is 5.69 Å². The molecule has 0 aliphatic carbocycles. The Morgan fingerprint density at radius 3 is 2.69 bits per heavy atom.